The summed E-state index contributed by atoms with van der Waals surface area (Å²) in [5, 5.41) is 2.78. The number of halogens is 3. The first-order valence-electron chi connectivity index (χ1n) is 6.09. The van der Waals surface area contributed by atoms with Gasteiger partial charge >= 0.3 is 12.2 Å². The summed E-state index contributed by atoms with van der Waals surface area (Å²) in [6, 6.07) is -0.155. The highest BCUT2D eigenvalue weighted by Gasteiger charge is 2.42. The van der Waals surface area contributed by atoms with E-state index in [1.165, 1.54) is 4.90 Å². The molecule has 0 bridgehead atoms. The summed E-state index contributed by atoms with van der Waals surface area (Å²) in [4.78, 5) is 13.0. The topological polar surface area (TPSA) is 32.3 Å². The summed E-state index contributed by atoms with van der Waals surface area (Å²) >= 11 is 0. The quantitative estimate of drug-likeness (QED) is 0.762. The van der Waals surface area contributed by atoms with E-state index in [0.717, 1.165) is 19.3 Å². The molecule has 1 saturated heterocycles. The molecule has 3 nitrogen and oxygen atoms in total. The lowest BCUT2D eigenvalue weighted by atomic mass is 9.93. The molecule has 6 heteroatoms. The minimum absolute atomic E-state index is 0.136. The number of nitrogens with one attached hydrogen (secondary N) is 1. The number of likely N-dealkylation sites (tertiary alicyclic amines) is 1. The van der Waals surface area contributed by atoms with Crippen molar-refractivity contribution in [3.05, 3.63) is 0 Å². The zero-order valence-electron chi connectivity index (χ0n) is 9.59. The first-order valence-corrected chi connectivity index (χ1v) is 6.09. The molecule has 0 radical (unpaired) electrons. The number of urea groups is 1. The number of carbonyl (C=O) groups excluding carboxylic acids is 1. The fourth-order valence-electron chi connectivity index (χ4n) is 2.25. The number of hydrogen-bond donors (Lipinski definition) is 1. The van der Waals surface area contributed by atoms with Crippen LogP contribution in [-0.4, -0.2) is 36.2 Å². The normalized spacial score (nSPS) is 26.5. The van der Waals surface area contributed by atoms with Crippen LogP contribution in [0, 0.1) is 5.92 Å². The third kappa shape index (κ3) is 3.04. The van der Waals surface area contributed by atoms with Gasteiger partial charge in [0.05, 0.1) is 5.92 Å². The van der Waals surface area contributed by atoms with Gasteiger partial charge in [0.2, 0.25) is 0 Å². The van der Waals surface area contributed by atoms with Gasteiger partial charge in [0.1, 0.15) is 0 Å². The minimum Gasteiger partial charge on any atom is -0.335 e. The average Bonchev–Trinajstić information content (AvgIpc) is 2.22. The second-order valence-electron chi connectivity index (χ2n) is 4.90. The molecule has 2 aliphatic rings. The Kier molecular flexibility index (Phi) is 3.49. The van der Waals surface area contributed by atoms with E-state index in [1.54, 1.807) is 0 Å². The molecule has 1 heterocycles. The van der Waals surface area contributed by atoms with Gasteiger partial charge in [-0.3, -0.25) is 0 Å². The molecule has 1 aliphatic carbocycles. The minimum atomic E-state index is -4.19. The Labute approximate surface area is 98.3 Å². The highest BCUT2D eigenvalue weighted by molar-refractivity contribution is 5.74. The number of nitrogens with zero attached hydrogens (tertiary/aromatic N) is 1. The Morgan fingerprint density at radius 1 is 1.18 bits per heavy atom. The molecule has 2 amide bonds. The van der Waals surface area contributed by atoms with Crippen molar-refractivity contribution in [1.82, 2.24) is 10.2 Å². The van der Waals surface area contributed by atoms with E-state index in [0.29, 0.717) is 13.0 Å². The maximum Gasteiger partial charge on any atom is 0.393 e. The van der Waals surface area contributed by atoms with Crippen molar-refractivity contribution < 1.29 is 18.0 Å². The molecule has 1 saturated carbocycles. The van der Waals surface area contributed by atoms with E-state index in [1.807, 2.05) is 0 Å². The number of piperidine rings is 1. The highest BCUT2D eigenvalue weighted by Crippen LogP contribution is 2.33. The second kappa shape index (κ2) is 4.74. The summed E-state index contributed by atoms with van der Waals surface area (Å²) in [6.07, 6.45) is -0.630. The molecule has 0 aromatic heterocycles. The summed E-state index contributed by atoms with van der Waals surface area (Å²) in [7, 11) is 0. The lowest BCUT2D eigenvalue weighted by molar-refractivity contribution is -0.184. The Morgan fingerprint density at radius 3 is 2.41 bits per heavy atom. The standard InChI is InChI=1S/C11H17F3N2O/c12-11(13,14)8-3-2-6-16(7-8)10(17)15-9-4-1-5-9/h8-9H,1-7H2,(H,15,17). The molecule has 1 unspecified atom stereocenters. The van der Waals surface area contributed by atoms with Crippen LogP contribution in [0.4, 0.5) is 18.0 Å². The molecule has 0 spiro atoms. The van der Waals surface area contributed by atoms with Crippen molar-refractivity contribution in [2.24, 2.45) is 5.92 Å². The monoisotopic (exact) mass is 250 g/mol. The number of amides is 2. The fraction of sp³-hybridized carbons (Fsp3) is 0.909. The zero-order chi connectivity index (χ0) is 12.5. The van der Waals surface area contributed by atoms with Crippen molar-refractivity contribution >= 4 is 6.03 Å². The average molecular weight is 250 g/mol. The number of hydrogen-bond acceptors (Lipinski definition) is 1. The highest BCUT2D eigenvalue weighted by atomic mass is 19.4. The molecular weight excluding hydrogens is 233 g/mol. The van der Waals surface area contributed by atoms with Gasteiger partial charge in [-0.15, -0.1) is 0 Å². The van der Waals surface area contributed by atoms with E-state index >= 15 is 0 Å². The fourth-order valence-corrected chi connectivity index (χ4v) is 2.25. The second-order valence-corrected chi connectivity index (χ2v) is 4.90. The molecule has 1 aliphatic heterocycles. The molecule has 2 fully saturated rings. The molecule has 2 rings (SSSR count). The van der Waals surface area contributed by atoms with Crippen LogP contribution in [0.25, 0.3) is 0 Å². The SMILES string of the molecule is O=C(NC1CCC1)N1CCCC(C(F)(F)F)C1. The maximum atomic E-state index is 12.6. The van der Waals surface area contributed by atoms with Gasteiger partial charge in [-0.05, 0) is 32.1 Å². The predicted molar refractivity (Wildman–Crippen MR) is 56.5 cm³/mol. The Morgan fingerprint density at radius 2 is 1.88 bits per heavy atom. The first-order chi connectivity index (χ1) is 7.97. The summed E-state index contributed by atoms with van der Waals surface area (Å²) < 4.78 is 37.7. The zero-order valence-corrected chi connectivity index (χ0v) is 9.59. The van der Waals surface area contributed by atoms with Gasteiger partial charge in [-0.1, -0.05) is 0 Å². The van der Waals surface area contributed by atoms with Gasteiger partial charge in [0.25, 0.3) is 0 Å². The Bertz CT molecular complexity index is 289. The van der Waals surface area contributed by atoms with Gasteiger partial charge in [0.15, 0.2) is 0 Å². The van der Waals surface area contributed by atoms with Crippen LogP contribution in [0.2, 0.25) is 0 Å². The molecule has 1 N–H and O–H groups in total. The largest absolute Gasteiger partial charge is 0.393 e. The lowest BCUT2D eigenvalue weighted by Crippen LogP contribution is -2.52. The number of alkyl halides is 3. The van der Waals surface area contributed by atoms with E-state index in [2.05, 4.69) is 5.32 Å². The first kappa shape index (κ1) is 12.5. The summed E-state index contributed by atoms with van der Waals surface area (Å²) in [5.74, 6) is -1.36. The number of rotatable bonds is 1. The number of carbonyl (C=O) groups is 1. The van der Waals surface area contributed by atoms with Crippen LogP contribution in [0.15, 0.2) is 0 Å². The molecule has 1 atom stereocenters. The summed E-state index contributed by atoms with van der Waals surface area (Å²) in [5.41, 5.74) is 0. The van der Waals surface area contributed by atoms with E-state index < -0.39 is 12.1 Å². The lowest BCUT2D eigenvalue weighted by Gasteiger charge is -2.36. The van der Waals surface area contributed by atoms with Crippen LogP contribution in [0.1, 0.15) is 32.1 Å². The van der Waals surface area contributed by atoms with Crippen LogP contribution in [0.3, 0.4) is 0 Å². The molecule has 17 heavy (non-hydrogen) atoms. The van der Waals surface area contributed by atoms with E-state index in [-0.39, 0.29) is 25.0 Å². The molecule has 0 aromatic carbocycles. The van der Waals surface area contributed by atoms with Gasteiger partial charge in [-0.25, -0.2) is 4.79 Å². The van der Waals surface area contributed by atoms with Crippen molar-refractivity contribution in [3.8, 4) is 0 Å². The van der Waals surface area contributed by atoms with Crippen molar-refractivity contribution in [2.75, 3.05) is 13.1 Å². The van der Waals surface area contributed by atoms with Crippen molar-refractivity contribution in [1.29, 1.82) is 0 Å². The third-order valence-electron chi connectivity index (χ3n) is 3.60. The van der Waals surface area contributed by atoms with Crippen LogP contribution >= 0.6 is 0 Å². The van der Waals surface area contributed by atoms with Crippen LogP contribution < -0.4 is 5.32 Å². The van der Waals surface area contributed by atoms with E-state index in [4.69, 9.17) is 0 Å². The van der Waals surface area contributed by atoms with Crippen LogP contribution in [-0.2, 0) is 0 Å². The maximum absolute atomic E-state index is 12.6. The Balaban J connectivity index is 1.85. The van der Waals surface area contributed by atoms with Crippen molar-refractivity contribution in [2.45, 2.75) is 44.3 Å². The molecule has 98 valence electrons. The van der Waals surface area contributed by atoms with E-state index in [9.17, 15) is 18.0 Å². The van der Waals surface area contributed by atoms with Crippen molar-refractivity contribution in [3.63, 3.8) is 0 Å². The smallest absolute Gasteiger partial charge is 0.335 e. The summed E-state index contributed by atoms with van der Waals surface area (Å²) in [6.45, 7) is 0.243. The molecular formula is C11H17F3N2O. The van der Waals surface area contributed by atoms with Gasteiger partial charge < -0.3 is 10.2 Å². The third-order valence-corrected chi connectivity index (χ3v) is 3.60. The van der Waals surface area contributed by atoms with Gasteiger partial charge in [0, 0.05) is 19.1 Å². The van der Waals surface area contributed by atoms with Crippen LogP contribution in [0.5, 0.6) is 0 Å². The molecule has 0 aromatic rings. The Hall–Kier alpha value is -0.940. The predicted octanol–water partition coefficient (Wildman–Crippen LogP) is 2.52. The van der Waals surface area contributed by atoms with Gasteiger partial charge in [-0.2, -0.15) is 13.2 Å².